The van der Waals surface area contributed by atoms with Crippen LogP contribution < -0.4 is 20.7 Å². The van der Waals surface area contributed by atoms with Crippen molar-refractivity contribution in [2.24, 2.45) is 0 Å². The summed E-state index contributed by atoms with van der Waals surface area (Å²) in [4.78, 5) is 21.0. The Morgan fingerprint density at radius 2 is 0.459 bits per heavy atom. The van der Waals surface area contributed by atoms with Crippen molar-refractivity contribution in [1.29, 1.82) is 0 Å². The zero-order valence-corrected chi connectivity index (χ0v) is 34.4. The van der Waals surface area contributed by atoms with Crippen molar-refractivity contribution in [2.75, 3.05) is 0 Å². The third kappa shape index (κ3) is 7.51. The largest absolute Gasteiger partial charge is 0.228 e. The molecule has 0 saturated carbocycles. The maximum atomic E-state index is 5.25. The highest BCUT2D eigenvalue weighted by Gasteiger charge is 2.42. The van der Waals surface area contributed by atoms with Gasteiger partial charge in [-0.05, 0) is 32.9 Å². The van der Waals surface area contributed by atoms with Crippen LogP contribution >= 0.6 is 0 Å². The van der Waals surface area contributed by atoms with Gasteiger partial charge in [0.2, 0.25) is 0 Å². The fourth-order valence-corrected chi connectivity index (χ4v) is 13.2. The van der Waals surface area contributed by atoms with Crippen LogP contribution in [0, 0.1) is 0 Å². The van der Waals surface area contributed by atoms with E-state index in [0.29, 0.717) is 11.6 Å². The molecule has 2 heterocycles. The maximum absolute atomic E-state index is 5.25. The molecule has 0 bridgehead atoms. The van der Waals surface area contributed by atoms with Gasteiger partial charge in [-0.3, -0.25) is 0 Å². The molecule has 0 radical (unpaired) electrons. The normalized spacial score (nSPS) is 11.3. The zero-order valence-electron chi connectivity index (χ0n) is 33.4. The molecule has 5 heteroatoms. The summed E-state index contributed by atoms with van der Waals surface area (Å²) in [6, 6.07) is 85.5. The molecule has 10 aromatic rings. The summed E-state index contributed by atoms with van der Waals surface area (Å²) < 4.78 is 0. The van der Waals surface area contributed by atoms with E-state index in [-0.39, 0.29) is 0 Å². The summed E-state index contributed by atoms with van der Waals surface area (Å²) in [5, 5.41) is 4.98. The van der Waals surface area contributed by atoms with E-state index in [1.54, 1.807) is 0 Å². The van der Waals surface area contributed by atoms with Gasteiger partial charge >= 0.3 is 0 Å². The molecule has 4 nitrogen and oxygen atoms in total. The molecule has 0 unspecified atom stereocenters. The van der Waals surface area contributed by atoms with Gasteiger partial charge in [0.25, 0.3) is 0 Å². The van der Waals surface area contributed by atoms with Gasteiger partial charge in [0, 0.05) is 33.4 Å². The zero-order chi connectivity index (χ0) is 40.9. The SMILES string of the molecule is c1ccc(-c2cc(-c3ccccc3)nc(-c3cccc([Si](c4ccccc4)(c4ccccc4)c4cccc(-c5nc(-c6ccccc6)cc(-c6ccccc6)n5)c4)c3)n2)cc1. The summed E-state index contributed by atoms with van der Waals surface area (Å²) in [7, 11) is -3.05. The number of hydrogen-bond acceptors (Lipinski definition) is 4. The molecule has 0 aliphatic rings. The molecule has 0 aliphatic heterocycles. The number of hydrogen-bond donors (Lipinski definition) is 0. The quantitative estimate of drug-likeness (QED) is 0.102. The van der Waals surface area contributed by atoms with Gasteiger partial charge in [0.15, 0.2) is 19.7 Å². The molecule has 0 atom stereocenters. The number of rotatable bonds is 10. The smallest absolute Gasteiger partial charge is 0.179 e. The van der Waals surface area contributed by atoms with Crippen LogP contribution in [0.3, 0.4) is 0 Å². The molecule has 0 N–H and O–H groups in total. The Bertz CT molecular complexity index is 2730. The standard InChI is InChI=1S/C56H40N4Si/c1-7-21-41(22-8-1)51-39-52(42-23-9-2-10-24-42)58-55(57-51)45-29-19-35-49(37-45)61(47-31-15-5-16-32-47,48-33-17-6-18-34-48)50-36-20-30-46(38-50)56-59-53(43-25-11-3-12-26-43)40-54(60-56)44-27-13-4-14-28-44/h1-40H. The molecule has 0 saturated heterocycles. The van der Waals surface area contributed by atoms with Gasteiger partial charge in [-0.25, -0.2) is 19.9 Å². The second-order valence-electron chi connectivity index (χ2n) is 15.0. The van der Waals surface area contributed by atoms with Crippen LogP contribution in [0.1, 0.15) is 0 Å². The van der Waals surface area contributed by atoms with Crippen molar-refractivity contribution in [3.63, 3.8) is 0 Å². The lowest BCUT2D eigenvalue weighted by atomic mass is 10.1. The lowest BCUT2D eigenvalue weighted by Crippen LogP contribution is -2.74. The minimum atomic E-state index is -3.05. The summed E-state index contributed by atoms with van der Waals surface area (Å²) >= 11 is 0. The van der Waals surface area contributed by atoms with Crippen molar-refractivity contribution in [3.8, 4) is 67.8 Å². The second-order valence-corrected chi connectivity index (χ2v) is 18.8. The van der Waals surface area contributed by atoms with Crippen LogP contribution in [-0.4, -0.2) is 28.0 Å². The van der Waals surface area contributed by atoms with Crippen LogP contribution in [0.15, 0.2) is 243 Å². The van der Waals surface area contributed by atoms with Crippen molar-refractivity contribution in [1.82, 2.24) is 19.9 Å². The molecular formula is C56H40N4Si. The highest BCUT2D eigenvalue weighted by molar-refractivity contribution is 7.20. The first-order valence-corrected chi connectivity index (χ1v) is 22.6. The molecule has 0 spiro atoms. The first-order chi connectivity index (χ1) is 30.2. The third-order valence-electron chi connectivity index (χ3n) is 11.3. The molecule has 0 fully saturated rings. The summed E-state index contributed by atoms with van der Waals surface area (Å²) in [6.07, 6.45) is 0. The fourth-order valence-electron chi connectivity index (χ4n) is 8.34. The van der Waals surface area contributed by atoms with E-state index >= 15 is 0 Å². The van der Waals surface area contributed by atoms with E-state index in [9.17, 15) is 0 Å². The number of benzene rings is 8. The fraction of sp³-hybridized carbons (Fsp3) is 0. The van der Waals surface area contributed by atoms with Gasteiger partial charge in [-0.15, -0.1) is 0 Å². The summed E-state index contributed by atoms with van der Waals surface area (Å²) in [5.74, 6) is 1.36. The molecule has 61 heavy (non-hydrogen) atoms. The third-order valence-corrected chi connectivity index (χ3v) is 16.0. The molecular weight excluding hydrogens is 757 g/mol. The highest BCUT2D eigenvalue weighted by Crippen LogP contribution is 2.30. The van der Waals surface area contributed by atoms with Gasteiger partial charge in [0.05, 0.1) is 22.8 Å². The Hall–Kier alpha value is -7.86. The second kappa shape index (κ2) is 16.8. The van der Waals surface area contributed by atoms with E-state index < -0.39 is 8.07 Å². The van der Waals surface area contributed by atoms with Crippen LogP contribution in [-0.2, 0) is 0 Å². The average Bonchev–Trinajstić information content (AvgIpc) is 3.36. The molecule has 0 aliphatic carbocycles. The monoisotopic (exact) mass is 796 g/mol. The summed E-state index contributed by atoms with van der Waals surface area (Å²) in [6.45, 7) is 0. The van der Waals surface area contributed by atoms with Crippen LogP contribution in [0.4, 0.5) is 0 Å². The minimum Gasteiger partial charge on any atom is -0.228 e. The van der Waals surface area contributed by atoms with E-state index in [0.717, 1.165) is 56.2 Å². The lowest BCUT2D eigenvalue weighted by Gasteiger charge is -2.35. The van der Waals surface area contributed by atoms with Crippen molar-refractivity contribution in [2.45, 2.75) is 0 Å². The number of nitrogens with zero attached hydrogens (tertiary/aromatic N) is 4. The maximum Gasteiger partial charge on any atom is 0.179 e. The molecule has 288 valence electrons. The van der Waals surface area contributed by atoms with E-state index in [1.165, 1.54) is 20.7 Å². The van der Waals surface area contributed by atoms with E-state index in [4.69, 9.17) is 19.9 Å². The number of aromatic nitrogens is 4. The predicted molar refractivity (Wildman–Crippen MR) is 254 cm³/mol. The Morgan fingerprint density at radius 1 is 0.213 bits per heavy atom. The van der Waals surface area contributed by atoms with E-state index in [2.05, 4.69) is 218 Å². The summed E-state index contributed by atoms with van der Waals surface area (Å²) in [5.41, 5.74) is 9.61. The van der Waals surface area contributed by atoms with Crippen LogP contribution in [0.5, 0.6) is 0 Å². The molecule has 8 aromatic carbocycles. The molecule has 10 rings (SSSR count). The van der Waals surface area contributed by atoms with Gasteiger partial charge < -0.3 is 0 Å². The van der Waals surface area contributed by atoms with Gasteiger partial charge in [-0.1, -0.05) is 231 Å². The molecule has 0 amide bonds. The van der Waals surface area contributed by atoms with E-state index in [1.807, 2.05) is 24.3 Å². The first-order valence-electron chi connectivity index (χ1n) is 20.6. The topological polar surface area (TPSA) is 51.6 Å². The lowest BCUT2D eigenvalue weighted by molar-refractivity contribution is 1.18. The van der Waals surface area contributed by atoms with Crippen LogP contribution in [0.25, 0.3) is 67.8 Å². The average molecular weight is 797 g/mol. The minimum absolute atomic E-state index is 0.680. The predicted octanol–water partition coefficient (Wildman–Crippen LogP) is 10.6. The van der Waals surface area contributed by atoms with Crippen molar-refractivity contribution in [3.05, 3.63) is 243 Å². The van der Waals surface area contributed by atoms with Crippen LogP contribution in [0.2, 0.25) is 0 Å². The first kappa shape index (κ1) is 37.4. The van der Waals surface area contributed by atoms with Gasteiger partial charge in [0.1, 0.15) is 0 Å². The molecule has 2 aromatic heterocycles. The Balaban J connectivity index is 1.20. The van der Waals surface area contributed by atoms with Gasteiger partial charge in [-0.2, -0.15) is 0 Å². The van der Waals surface area contributed by atoms with Crippen molar-refractivity contribution >= 4 is 28.8 Å². The Labute approximate surface area is 357 Å². The Kier molecular flexibility index (Phi) is 10.3. The Morgan fingerprint density at radius 3 is 0.754 bits per heavy atom. The highest BCUT2D eigenvalue weighted by atomic mass is 28.3. The van der Waals surface area contributed by atoms with Crippen molar-refractivity contribution < 1.29 is 0 Å².